The van der Waals surface area contributed by atoms with E-state index in [9.17, 15) is 4.79 Å². The Kier molecular flexibility index (Phi) is 6.83. The first-order valence-electron chi connectivity index (χ1n) is 12.0. The first-order chi connectivity index (χ1) is 16.5. The van der Waals surface area contributed by atoms with Gasteiger partial charge in [0.1, 0.15) is 12.4 Å². The van der Waals surface area contributed by atoms with Gasteiger partial charge in [0.15, 0.2) is 0 Å². The SMILES string of the molecule is Cc1nc(C)c(CC(=O)N2CCOc3ccc(CN4CCN(c5ccccc5)CC4)cc3C2)s1. The summed E-state index contributed by atoms with van der Waals surface area (Å²) in [4.78, 5) is 25.5. The quantitative estimate of drug-likeness (QED) is 0.556. The van der Waals surface area contributed by atoms with Gasteiger partial charge >= 0.3 is 0 Å². The fourth-order valence-corrected chi connectivity index (χ4v) is 5.73. The van der Waals surface area contributed by atoms with Crippen molar-refractivity contribution in [2.75, 3.05) is 44.2 Å². The summed E-state index contributed by atoms with van der Waals surface area (Å²) in [5.74, 6) is 1.04. The molecule has 3 heterocycles. The summed E-state index contributed by atoms with van der Waals surface area (Å²) < 4.78 is 5.99. The third-order valence-corrected chi connectivity index (χ3v) is 7.74. The molecule has 6 nitrogen and oxygen atoms in total. The third-order valence-electron chi connectivity index (χ3n) is 6.67. The molecule has 0 spiro atoms. The summed E-state index contributed by atoms with van der Waals surface area (Å²) in [6.45, 7) is 10.8. The van der Waals surface area contributed by atoms with E-state index in [1.54, 1.807) is 11.3 Å². The molecule has 2 aromatic carbocycles. The zero-order valence-electron chi connectivity index (χ0n) is 20.0. The molecule has 2 aliphatic rings. The van der Waals surface area contributed by atoms with Crippen LogP contribution in [0.4, 0.5) is 5.69 Å². The summed E-state index contributed by atoms with van der Waals surface area (Å²) in [7, 11) is 0. The molecule has 1 fully saturated rings. The van der Waals surface area contributed by atoms with Gasteiger partial charge in [-0.2, -0.15) is 0 Å². The maximum Gasteiger partial charge on any atom is 0.228 e. The fraction of sp³-hybridized carbons (Fsp3) is 0.407. The van der Waals surface area contributed by atoms with Gasteiger partial charge in [0, 0.05) is 55.4 Å². The van der Waals surface area contributed by atoms with E-state index in [0.717, 1.165) is 59.6 Å². The third kappa shape index (κ3) is 5.26. The normalized spacial score (nSPS) is 16.6. The van der Waals surface area contributed by atoms with Crippen LogP contribution in [0.15, 0.2) is 48.5 Å². The topological polar surface area (TPSA) is 48.9 Å². The van der Waals surface area contributed by atoms with Gasteiger partial charge in [-0.25, -0.2) is 4.98 Å². The Labute approximate surface area is 205 Å². The first-order valence-corrected chi connectivity index (χ1v) is 12.8. The van der Waals surface area contributed by atoms with Crippen LogP contribution >= 0.6 is 11.3 Å². The van der Waals surface area contributed by atoms with Crippen LogP contribution in [0.25, 0.3) is 0 Å². The van der Waals surface area contributed by atoms with E-state index in [4.69, 9.17) is 4.74 Å². The average Bonchev–Trinajstić information content (AvgIpc) is 3.03. The predicted octanol–water partition coefficient (Wildman–Crippen LogP) is 4.05. The zero-order chi connectivity index (χ0) is 23.5. The highest BCUT2D eigenvalue weighted by Gasteiger charge is 2.23. The van der Waals surface area contributed by atoms with Crippen molar-refractivity contribution in [1.82, 2.24) is 14.8 Å². The van der Waals surface area contributed by atoms with Crippen molar-refractivity contribution >= 4 is 22.9 Å². The van der Waals surface area contributed by atoms with Gasteiger partial charge in [0.2, 0.25) is 5.91 Å². The average molecular weight is 477 g/mol. The summed E-state index contributed by atoms with van der Waals surface area (Å²) >= 11 is 1.62. The molecule has 0 saturated carbocycles. The summed E-state index contributed by atoms with van der Waals surface area (Å²) in [6, 6.07) is 17.1. The molecular weight excluding hydrogens is 444 g/mol. The van der Waals surface area contributed by atoms with Crippen molar-refractivity contribution in [2.45, 2.75) is 33.4 Å². The summed E-state index contributed by atoms with van der Waals surface area (Å²) in [6.07, 6.45) is 0.415. The second kappa shape index (κ2) is 10.2. The number of nitrogens with zero attached hydrogens (tertiary/aromatic N) is 4. The number of piperazine rings is 1. The molecule has 0 N–H and O–H groups in total. The van der Waals surface area contributed by atoms with E-state index in [1.165, 1.54) is 11.3 Å². The van der Waals surface area contributed by atoms with Crippen molar-refractivity contribution < 1.29 is 9.53 Å². The van der Waals surface area contributed by atoms with E-state index < -0.39 is 0 Å². The number of aromatic nitrogens is 1. The molecule has 0 atom stereocenters. The van der Waals surface area contributed by atoms with Crippen molar-refractivity contribution in [2.24, 2.45) is 0 Å². The first kappa shape index (κ1) is 22.9. The van der Waals surface area contributed by atoms with Crippen molar-refractivity contribution in [3.63, 3.8) is 0 Å². The van der Waals surface area contributed by atoms with Crippen LogP contribution in [-0.2, 0) is 24.3 Å². The molecule has 3 aromatic rings. The standard InChI is InChI=1S/C27H32N4O2S/c1-20-26(34-21(2)28-20)17-27(32)31-14-15-33-25-9-8-22(16-23(25)19-31)18-29-10-12-30(13-11-29)24-6-4-3-5-7-24/h3-9,16H,10-15,17-19H2,1-2H3. The molecule has 178 valence electrons. The van der Waals surface area contributed by atoms with Crippen molar-refractivity contribution in [3.05, 3.63) is 75.2 Å². The molecule has 0 radical (unpaired) electrons. The van der Waals surface area contributed by atoms with E-state index >= 15 is 0 Å². The molecular formula is C27H32N4O2S. The molecule has 7 heteroatoms. The van der Waals surface area contributed by atoms with Crippen LogP contribution in [0, 0.1) is 13.8 Å². The number of para-hydroxylation sites is 1. The Bertz CT molecular complexity index is 1140. The Morgan fingerprint density at radius 1 is 1.03 bits per heavy atom. The lowest BCUT2D eigenvalue weighted by atomic mass is 10.1. The van der Waals surface area contributed by atoms with Crippen molar-refractivity contribution in [3.8, 4) is 5.75 Å². The van der Waals surface area contributed by atoms with E-state index in [-0.39, 0.29) is 5.91 Å². The van der Waals surface area contributed by atoms with Crippen LogP contribution in [0.2, 0.25) is 0 Å². The Balaban J connectivity index is 1.21. The van der Waals surface area contributed by atoms with Gasteiger partial charge in [-0.15, -0.1) is 11.3 Å². The number of thiazole rings is 1. The number of hydrogen-bond donors (Lipinski definition) is 0. The number of aryl methyl sites for hydroxylation is 2. The van der Waals surface area contributed by atoms with E-state index in [2.05, 4.69) is 63.3 Å². The van der Waals surface area contributed by atoms with Crippen LogP contribution in [-0.4, -0.2) is 60.0 Å². The van der Waals surface area contributed by atoms with Gasteiger partial charge in [-0.3, -0.25) is 9.69 Å². The zero-order valence-corrected chi connectivity index (χ0v) is 20.8. The summed E-state index contributed by atoms with van der Waals surface area (Å²) in [5.41, 5.74) is 4.65. The maximum absolute atomic E-state index is 13.1. The highest BCUT2D eigenvalue weighted by atomic mass is 32.1. The summed E-state index contributed by atoms with van der Waals surface area (Å²) in [5, 5.41) is 1.01. The van der Waals surface area contributed by atoms with Gasteiger partial charge in [-0.05, 0) is 43.7 Å². The molecule has 2 aliphatic heterocycles. The van der Waals surface area contributed by atoms with Crippen LogP contribution in [0.5, 0.6) is 5.75 Å². The van der Waals surface area contributed by atoms with Gasteiger partial charge in [-0.1, -0.05) is 24.3 Å². The Hall–Kier alpha value is -2.90. The van der Waals surface area contributed by atoms with Crippen LogP contribution < -0.4 is 9.64 Å². The number of benzene rings is 2. The minimum Gasteiger partial charge on any atom is -0.491 e. The smallest absolute Gasteiger partial charge is 0.228 e. The Morgan fingerprint density at radius 2 is 1.82 bits per heavy atom. The second-order valence-electron chi connectivity index (χ2n) is 9.12. The highest BCUT2D eigenvalue weighted by Crippen LogP contribution is 2.27. The molecule has 0 bridgehead atoms. The van der Waals surface area contributed by atoms with Gasteiger partial charge in [0.05, 0.1) is 23.7 Å². The lowest BCUT2D eigenvalue weighted by Gasteiger charge is -2.36. The molecule has 1 amide bonds. The van der Waals surface area contributed by atoms with Crippen LogP contribution in [0.3, 0.4) is 0 Å². The molecule has 1 saturated heterocycles. The van der Waals surface area contributed by atoms with E-state index in [0.29, 0.717) is 26.1 Å². The largest absolute Gasteiger partial charge is 0.491 e. The number of anilines is 1. The number of hydrogen-bond acceptors (Lipinski definition) is 6. The predicted molar refractivity (Wildman–Crippen MR) is 137 cm³/mol. The van der Waals surface area contributed by atoms with E-state index in [1.807, 2.05) is 18.7 Å². The van der Waals surface area contributed by atoms with Gasteiger partial charge < -0.3 is 14.5 Å². The number of fused-ring (bicyclic) bond motifs is 1. The number of amides is 1. The number of rotatable bonds is 5. The molecule has 1 aromatic heterocycles. The maximum atomic E-state index is 13.1. The number of ether oxygens (including phenoxy) is 1. The number of carbonyl (C=O) groups is 1. The highest BCUT2D eigenvalue weighted by molar-refractivity contribution is 7.11. The lowest BCUT2D eigenvalue weighted by Crippen LogP contribution is -2.45. The monoisotopic (exact) mass is 476 g/mol. The van der Waals surface area contributed by atoms with Crippen LogP contribution in [0.1, 0.15) is 26.7 Å². The number of carbonyl (C=O) groups excluding carboxylic acids is 1. The minimum absolute atomic E-state index is 0.144. The molecule has 0 aliphatic carbocycles. The second-order valence-corrected chi connectivity index (χ2v) is 10.4. The Morgan fingerprint density at radius 3 is 2.56 bits per heavy atom. The molecule has 5 rings (SSSR count). The lowest BCUT2D eigenvalue weighted by molar-refractivity contribution is -0.131. The molecule has 34 heavy (non-hydrogen) atoms. The fourth-order valence-electron chi connectivity index (χ4n) is 4.81. The molecule has 0 unspecified atom stereocenters. The van der Waals surface area contributed by atoms with Crippen molar-refractivity contribution in [1.29, 1.82) is 0 Å². The van der Waals surface area contributed by atoms with Gasteiger partial charge in [0.25, 0.3) is 0 Å². The minimum atomic E-state index is 0.144.